The SMILES string of the molecule is Cc1ccc(-n2nc3c(c2NC(=O)c2cc(Cl)ccc2[N+](=O)[O-])CS(=O)(=O)C3)cc1C. The Morgan fingerprint density at radius 3 is 2.58 bits per heavy atom. The van der Waals surface area contributed by atoms with Crippen molar-refractivity contribution in [2.45, 2.75) is 25.4 Å². The van der Waals surface area contributed by atoms with Crippen LogP contribution < -0.4 is 5.32 Å². The first-order valence-electron chi connectivity index (χ1n) is 9.20. The van der Waals surface area contributed by atoms with Crippen molar-refractivity contribution in [1.29, 1.82) is 0 Å². The third-order valence-corrected chi connectivity index (χ3v) is 6.83. The van der Waals surface area contributed by atoms with Gasteiger partial charge in [0.25, 0.3) is 11.6 Å². The van der Waals surface area contributed by atoms with Gasteiger partial charge in [-0.05, 0) is 49.2 Å². The van der Waals surface area contributed by atoms with E-state index in [4.69, 9.17) is 11.6 Å². The second kappa shape index (κ2) is 7.47. The number of halogens is 1. The number of carbonyl (C=O) groups excluding carboxylic acids is 1. The van der Waals surface area contributed by atoms with E-state index < -0.39 is 26.4 Å². The molecule has 1 amide bonds. The van der Waals surface area contributed by atoms with Crippen LogP contribution in [-0.2, 0) is 21.3 Å². The first kappa shape index (κ1) is 21.0. The number of rotatable bonds is 4. The van der Waals surface area contributed by atoms with Crippen LogP contribution in [0.25, 0.3) is 5.69 Å². The summed E-state index contributed by atoms with van der Waals surface area (Å²) in [6, 6.07) is 9.22. The average Bonchev–Trinajstić information content (AvgIpc) is 3.16. The maximum Gasteiger partial charge on any atom is 0.282 e. The number of anilines is 1. The van der Waals surface area contributed by atoms with Crippen molar-refractivity contribution < 1.29 is 18.1 Å². The van der Waals surface area contributed by atoms with E-state index >= 15 is 0 Å². The molecule has 0 spiro atoms. The molecule has 0 aliphatic carbocycles. The van der Waals surface area contributed by atoms with E-state index in [0.29, 0.717) is 16.9 Å². The first-order valence-corrected chi connectivity index (χ1v) is 11.4. The monoisotopic (exact) mass is 460 g/mol. The summed E-state index contributed by atoms with van der Waals surface area (Å²) in [4.78, 5) is 23.7. The summed E-state index contributed by atoms with van der Waals surface area (Å²) >= 11 is 5.94. The number of aromatic nitrogens is 2. The molecule has 2 aromatic carbocycles. The molecule has 0 bridgehead atoms. The molecule has 160 valence electrons. The smallest absolute Gasteiger partial charge is 0.282 e. The lowest BCUT2D eigenvalue weighted by Gasteiger charge is -2.13. The molecule has 1 aliphatic rings. The van der Waals surface area contributed by atoms with Crippen molar-refractivity contribution in [3.05, 3.63) is 79.5 Å². The summed E-state index contributed by atoms with van der Waals surface area (Å²) in [7, 11) is -3.38. The van der Waals surface area contributed by atoms with Crippen LogP contribution in [0.4, 0.5) is 11.5 Å². The molecule has 0 saturated carbocycles. The molecule has 1 aliphatic heterocycles. The Morgan fingerprint density at radius 1 is 1.16 bits per heavy atom. The van der Waals surface area contributed by atoms with Crippen LogP contribution in [0.3, 0.4) is 0 Å². The second-order valence-corrected chi connectivity index (χ2v) is 9.86. The molecule has 0 saturated heterocycles. The molecule has 9 nitrogen and oxygen atoms in total. The minimum absolute atomic E-state index is 0.159. The fraction of sp³-hybridized carbons (Fsp3) is 0.200. The number of nitro benzene ring substituents is 1. The summed E-state index contributed by atoms with van der Waals surface area (Å²) in [6.07, 6.45) is 0. The zero-order valence-corrected chi connectivity index (χ0v) is 18.1. The third kappa shape index (κ3) is 3.91. The van der Waals surface area contributed by atoms with Gasteiger partial charge in [-0.3, -0.25) is 14.9 Å². The van der Waals surface area contributed by atoms with E-state index in [9.17, 15) is 23.3 Å². The Hall–Kier alpha value is -3.24. The van der Waals surface area contributed by atoms with Crippen molar-refractivity contribution in [2.75, 3.05) is 5.32 Å². The Balaban J connectivity index is 1.83. The van der Waals surface area contributed by atoms with Crippen molar-refractivity contribution in [1.82, 2.24) is 9.78 Å². The number of nitrogens with one attached hydrogen (secondary N) is 1. The lowest BCUT2D eigenvalue weighted by Crippen LogP contribution is -2.18. The number of aryl methyl sites for hydroxylation is 2. The maximum atomic E-state index is 13.0. The number of carbonyl (C=O) groups is 1. The highest BCUT2D eigenvalue weighted by Gasteiger charge is 2.34. The highest BCUT2D eigenvalue weighted by molar-refractivity contribution is 7.90. The van der Waals surface area contributed by atoms with Crippen molar-refractivity contribution in [3.63, 3.8) is 0 Å². The summed E-state index contributed by atoms with van der Waals surface area (Å²) in [5.41, 5.74) is 2.74. The number of hydrogen-bond acceptors (Lipinski definition) is 6. The molecule has 0 atom stereocenters. The lowest BCUT2D eigenvalue weighted by atomic mass is 10.1. The van der Waals surface area contributed by atoms with Crippen LogP contribution in [0.2, 0.25) is 5.02 Å². The fourth-order valence-electron chi connectivity index (χ4n) is 3.44. The molecule has 31 heavy (non-hydrogen) atoms. The van der Waals surface area contributed by atoms with Crippen molar-refractivity contribution >= 4 is 38.9 Å². The summed E-state index contributed by atoms with van der Waals surface area (Å²) < 4.78 is 25.7. The highest BCUT2D eigenvalue weighted by Crippen LogP contribution is 2.34. The molecule has 0 fully saturated rings. The molecule has 1 N–H and O–H groups in total. The van der Waals surface area contributed by atoms with Gasteiger partial charge in [0.05, 0.1) is 27.8 Å². The predicted molar refractivity (Wildman–Crippen MR) is 115 cm³/mol. The van der Waals surface area contributed by atoms with Crippen LogP contribution in [0.15, 0.2) is 36.4 Å². The normalized spacial score (nSPS) is 14.3. The van der Waals surface area contributed by atoms with Gasteiger partial charge >= 0.3 is 0 Å². The second-order valence-electron chi connectivity index (χ2n) is 7.36. The number of hydrogen-bond donors (Lipinski definition) is 1. The van der Waals surface area contributed by atoms with E-state index in [1.54, 1.807) is 6.07 Å². The van der Waals surface area contributed by atoms with Crippen molar-refractivity contribution in [2.24, 2.45) is 0 Å². The number of nitrogens with zero attached hydrogens (tertiary/aromatic N) is 3. The van der Waals surface area contributed by atoms with E-state index in [0.717, 1.165) is 17.2 Å². The summed E-state index contributed by atoms with van der Waals surface area (Å²) in [6.45, 7) is 3.88. The minimum Gasteiger partial charge on any atom is -0.306 e. The Bertz CT molecular complexity index is 1360. The average molecular weight is 461 g/mol. The van der Waals surface area contributed by atoms with Gasteiger partial charge in [0.15, 0.2) is 9.84 Å². The Kier molecular flexibility index (Phi) is 5.06. The van der Waals surface area contributed by atoms with Gasteiger partial charge < -0.3 is 5.32 Å². The Labute approximate surface area is 182 Å². The lowest BCUT2D eigenvalue weighted by molar-refractivity contribution is -0.385. The van der Waals surface area contributed by atoms with Crippen molar-refractivity contribution in [3.8, 4) is 5.69 Å². The number of fused-ring (bicyclic) bond motifs is 1. The third-order valence-electron chi connectivity index (χ3n) is 5.15. The van der Waals surface area contributed by atoms with E-state index in [1.165, 1.54) is 16.8 Å². The van der Waals surface area contributed by atoms with Gasteiger partial charge in [0.1, 0.15) is 11.4 Å². The zero-order valence-electron chi connectivity index (χ0n) is 16.5. The van der Waals surface area contributed by atoms with Gasteiger partial charge in [-0.1, -0.05) is 17.7 Å². The number of sulfone groups is 1. The van der Waals surface area contributed by atoms with E-state index in [2.05, 4.69) is 10.4 Å². The summed E-state index contributed by atoms with van der Waals surface area (Å²) in [5.74, 6) is -1.13. The molecular formula is C20H17ClN4O5S. The van der Waals surface area contributed by atoms with E-state index in [1.807, 2.05) is 26.0 Å². The van der Waals surface area contributed by atoms with Crippen LogP contribution in [0.5, 0.6) is 0 Å². The van der Waals surface area contributed by atoms with Gasteiger partial charge in [-0.25, -0.2) is 13.1 Å². The predicted octanol–water partition coefficient (Wildman–Crippen LogP) is 3.73. The number of benzene rings is 2. The molecule has 2 heterocycles. The van der Waals surface area contributed by atoms with Gasteiger partial charge in [0.2, 0.25) is 0 Å². The topological polar surface area (TPSA) is 124 Å². The standard InChI is InChI=1S/C20H17ClN4O5S/c1-11-3-5-14(7-12(11)2)24-19(16-9-31(29,30)10-17(16)23-24)22-20(26)15-8-13(21)4-6-18(15)25(27)28/h3-8H,9-10H2,1-2H3,(H,22,26). The maximum absolute atomic E-state index is 13.0. The van der Waals surface area contributed by atoms with Crippen LogP contribution >= 0.6 is 11.6 Å². The largest absolute Gasteiger partial charge is 0.306 e. The molecule has 3 aromatic rings. The zero-order chi connectivity index (χ0) is 22.5. The van der Waals surface area contributed by atoms with Crippen LogP contribution in [0.1, 0.15) is 32.7 Å². The van der Waals surface area contributed by atoms with Crippen LogP contribution in [-0.4, -0.2) is 29.0 Å². The number of nitro groups is 1. The van der Waals surface area contributed by atoms with Gasteiger partial charge in [-0.15, -0.1) is 0 Å². The molecule has 1 aromatic heterocycles. The molecule has 4 rings (SSSR count). The molecular weight excluding hydrogens is 444 g/mol. The molecule has 0 unspecified atom stereocenters. The number of amides is 1. The Morgan fingerprint density at radius 2 is 1.90 bits per heavy atom. The molecule has 11 heteroatoms. The fourth-order valence-corrected chi connectivity index (χ4v) is 5.11. The van der Waals surface area contributed by atoms with E-state index in [-0.39, 0.29) is 27.9 Å². The quantitative estimate of drug-likeness (QED) is 0.467. The van der Waals surface area contributed by atoms with Gasteiger partial charge in [-0.2, -0.15) is 5.10 Å². The van der Waals surface area contributed by atoms with Crippen LogP contribution in [0, 0.1) is 24.0 Å². The minimum atomic E-state index is -3.38. The first-order chi connectivity index (χ1) is 14.6. The summed E-state index contributed by atoms with van der Waals surface area (Å²) in [5, 5.41) is 18.6. The molecule has 0 radical (unpaired) electrons. The highest BCUT2D eigenvalue weighted by atomic mass is 35.5. The van der Waals surface area contributed by atoms with Gasteiger partial charge in [0, 0.05) is 16.7 Å².